The third-order valence-corrected chi connectivity index (χ3v) is 2.90. The Bertz CT molecular complexity index is 662. The summed E-state index contributed by atoms with van der Waals surface area (Å²) >= 11 is 5.91. The van der Waals surface area contributed by atoms with E-state index in [1.807, 2.05) is 0 Å². The van der Waals surface area contributed by atoms with Crippen LogP contribution < -0.4 is 10.1 Å². The quantitative estimate of drug-likeness (QED) is 0.933. The van der Waals surface area contributed by atoms with Crippen LogP contribution in [0.3, 0.4) is 0 Å². The molecule has 2 rings (SSSR count). The summed E-state index contributed by atoms with van der Waals surface area (Å²) in [7, 11) is 1.46. The number of amides is 1. The molecule has 0 saturated heterocycles. The zero-order valence-electron chi connectivity index (χ0n) is 10.4. The number of carbonyl (C=O) groups excluding carboxylic acids is 1. The molecule has 0 saturated carbocycles. The summed E-state index contributed by atoms with van der Waals surface area (Å²) in [4.78, 5) is 11.9. The SMILES string of the molecule is COc1ccc(NC(=O)c2cccc(F)c2F)cc1Cl. The van der Waals surface area contributed by atoms with Crippen LogP contribution in [0, 0.1) is 11.6 Å². The molecule has 1 N–H and O–H groups in total. The van der Waals surface area contributed by atoms with Crippen molar-refractivity contribution in [3.05, 3.63) is 58.6 Å². The summed E-state index contributed by atoms with van der Waals surface area (Å²) in [5, 5.41) is 2.73. The number of ether oxygens (including phenoxy) is 1. The number of carbonyl (C=O) groups is 1. The summed E-state index contributed by atoms with van der Waals surface area (Å²) in [6.45, 7) is 0. The fraction of sp³-hybridized carbons (Fsp3) is 0.0714. The maximum Gasteiger partial charge on any atom is 0.258 e. The van der Waals surface area contributed by atoms with Crippen molar-refractivity contribution < 1.29 is 18.3 Å². The Morgan fingerprint density at radius 3 is 2.65 bits per heavy atom. The van der Waals surface area contributed by atoms with E-state index in [1.165, 1.54) is 25.3 Å². The third-order valence-electron chi connectivity index (χ3n) is 2.61. The van der Waals surface area contributed by atoms with E-state index >= 15 is 0 Å². The minimum Gasteiger partial charge on any atom is -0.495 e. The third kappa shape index (κ3) is 2.88. The molecule has 0 atom stereocenters. The van der Waals surface area contributed by atoms with Gasteiger partial charge in [-0.3, -0.25) is 4.79 Å². The Morgan fingerprint density at radius 2 is 2.00 bits per heavy atom. The Kier molecular flexibility index (Phi) is 4.20. The van der Waals surface area contributed by atoms with Crippen LogP contribution >= 0.6 is 11.6 Å². The Balaban J connectivity index is 2.24. The molecule has 0 bridgehead atoms. The fourth-order valence-electron chi connectivity index (χ4n) is 1.62. The van der Waals surface area contributed by atoms with Crippen LogP contribution in [0.25, 0.3) is 0 Å². The van der Waals surface area contributed by atoms with Crippen LogP contribution in [0.2, 0.25) is 5.02 Å². The van der Waals surface area contributed by atoms with Gasteiger partial charge in [-0.25, -0.2) is 8.78 Å². The second-order valence-corrected chi connectivity index (χ2v) is 4.31. The highest BCUT2D eigenvalue weighted by atomic mass is 35.5. The number of nitrogens with one attached hydrogen (secondary N) is 1. The summed E-state index contributed by atoms with van der Waals surface area (Å²) in [5.74, 6) is -2.58. The average molecular weight is 298 g/mol. The van der Waals surface area contributed by atoms with Crippen molar-refractivity contribution in [2.24, 2.45) is 0 Å². The first-order valence-corrected chi connectivity index (χ1v) is 5.99. The maximum atomic E-state index is 13.5. The van der Waals surface area contributed by atoms with E-state index in [0.717, 1.165) is 6.07 Å². The summed E-state index contributed by atoms with van der Waals surface area (Å²) in [5.41, 5.74) is -0.0265. The van der Waals surface area contributed by atoms with Gasteiger partial charge in [0.1, 0.15) is 5.75 Å². The van der Waals surface area contributed by atoms with Gasteiger partial charge in [0.25, 0.3) is 5.91 Å². The number of methoxy groups -OCH3 is 1. The number of benzene rings is 2. The number of anilines is 1. The van der Waals surface area contributed by atoms with Crippen molar-refractivity contribution >= 4 is 23.2 Å². The standard InChI is InChI=1S/C14H10ClF2NO2/c1-20-12-6-5-8(7-10(12)15)18-14(19)9-3-2-4-11(16)13(9)17/h2-7H,1H3,(H,18,19). The minimum atomic E-state index is -1.19. The van der Waals surface area contributed by atoms with Gasteiger partial charge in [0.15, 0.2) is 11.6 Å². The summed E-state index contributed by atoms with van der Waals surface area (Å²) < 4.78 is 31.5. The number of hydrogen-bond donors (Lipinski definition) is 1. The Morgan fingerprint density at radius 1 is 1.25 bits per heavy atom. The van der Waals surface area contributed by atoms with E-state index in [-0.39, 0.29) is 5.56 Å². The van der Waals surface area contributed by atoms with Crippen LogP contribution in [0.4, 0.5) is 14.5 Å². The van der Waals surface area contributed by atoms with Crippen LogP contribution in [-0.4, -0.2) is 13.0 Å². The predicted molar refractivity (Wildman–Crippen MR) is 72.3 cm³/mol. The van der Waals surface area contributed by atoms with Crippen LogP contribution in [0.5, 0.6) is 5.75 Å². The van der Waals surface area contributed by atoms with E-state index in [4.69, 9.17) is 16.3 Å². The lowest BCUT2D eigenvalue weighted by Crippen LogP contribution is -2.14. The molecular weight excluding hydrogens is 288 g/mol. The van der Waals surface area contributed by atoms with Gasteiger partial charge in [-0.1, -0.05) is 17.7 Å². The highest BCUT2D eigenvalue weighted by molar-refractivity contribution is 6.32. The monoisotopic (exact) mass is 297 g/mol. The smallest absolute Gasteiger partial charge is 0.258 e. The molecule has 0 fully saturated rings. The molecule has 0 aromatic heterocycles. The molecule has 0 spiro atoms. The molecule has 0 unspecified atom stereocenters. The lowest BCUT2D eigenvalue weighted by atomic mass is 10.2. The first-order chi connectivity index (χ1) is 9.52. The summed E-state index contributed by atoms with van der Waals surface area (Å²) in [6, 6.07) is 7.94. The van der Waals surface area contributed by atoms with Gasteiger partial charge in [0.2, 0.25) is 0 Å². The van der Waals surface area contributed by atoms with Crippen molar-refractivity contribution in [3.63, 3.8) is 0 Å². The second-order valence-electron chi connectivity index (χ2n) is 3.90. The van der Waals surface area contributed by atoms with Crippen LogP contribution in [-0.2, 0) is 0 Å². The number of halogens is 3. The van der Waals surface area contributed by atoms with Crippen molar-refractivity contribution in [3.8, 4) is 5.75 Å². The molecule has 0 heterocycles. The largest absolute Gasteiger partial charge is 0.495 e. The molecule has 3 nitrogen and oxygen atoms in total. The van der Waals surface area contributed by atoms with Gasteiger partial charge >= 0.3 is 0 Å². The van der Waals surface area contributed by atoms with Gasteiger partial charge in [0.05, 0.1) is 17.7 Å². The van der Waals surface area contributed by atoms with Crippen molar-refractivity contribution in [2.75, 3.05) is 12.4 Å². The van der Waals surface area contributed by atoms with Gasteiger partial charge in [-0.2, -0.15) is 0 Å². The van der Waals surface area contributed by atoms with Gasteiger partial charge in [0, 0.05) is 5.69 Å². The Hall–Kier alpha value is -2.14. The molecule has 0 radical (unpaired) electrons. The molecular formula is C14H10ClF2NO2. The van der Waals surface area contributed by atoms with Gasteiger partial charge in [-0.15, -0.1) is 0 Å². The van der Waals surface area contributed by atoms with Crippen LogP contribution in [0.15, 0.2) is 36.4 Å². The molecule has 2 aromatic carbocycles. The number of hydrogen-bond acceptors (Lipinski definition) is 2. The molecule has 104 valence electrons. The normalized spacial score (nSPS) is 10.2. The predicted octanol–water partition coefficient (Wildman–Crippen LogP) is 3.88. The minimum absolute atomic E-state index is 0.296. The molecule has 0 aliphatic carbocycles. The van der Waals surface area contributed by atoms with Crippen molar-refractivity contribution in [1.29, 1.82) is 0 Å². The molecule has 20 heavy (non-hydrogen) atoms. The van der Waals surface area contributed by atoms with E-state index in [9.17, 15) is 13.6 Å². The number of rotatable bonds is 3. The lowest BCUT2D eigenvalue weighted by molar-refractivity contribution is 0.102. The highest BCUT2D eigenvalue weighted by Crippen LogP contribution is 2.27. The molecule has 6 heteroatoms. The molecule has 1 amide bonds. The zero-order valence-corrected chi connectivity index (χ0v) is 11.2. The van der Waals surface area contributed by atoms with E-state index < -0.39 is 17.5 Å². The molecule has 0 aliphatic heterocycles. The first-order valence-electron chi connectivity index (χ1n) is 5.62. The summed E-state index contributed by atoms with van der Waals surface area (Å²) in [6.07, 6.45) is 0. The molecule has 2 aromatic rings. The highest BCUT2D eigenvalue weighted by Gasteiger charge is 2.15. The van der Waals surface area contributed by atoms with E-state index in [0.29, 0.717) is 16.5 Å². The van der Waals surface area contributed by atoms with Gasteiger partial charge < -0.3 is 10.1 Å². The van der Waals surface area contributed by atoms with Crippen molar-refractivity contribution in [1.82, 2.24) is 0 Å². The second kappa shape index (κ2) is 5.88. The van der Waals surface area contributed by atoms with E-state index in [1.54, 1.807) is 12.1 Å². The van der Waals surface area contributed by atoms with E-state index in [2.05, 4.69) is 5.32 Å². The zero-order chi connectivity index (χ0) is 14.7. The molecule has 0 aliphatic rings. The fourth-order valence-corrected chi connectivity index (χ4v) is 1.88. The Labute approximate surface area is 119 Å². The van der Waals surface area contributed by atoms with Crippen LogP contribution in [0.1, 0.15) is 10.4 Å². The average Bonchev–Trinajstić information content (AvgIpc) is 2.42. The first kappa shape index (κ1) is 14.3. The maximum absolute atomic E-state index is 13.5. The van der Waals surface area contributed by atoms with Gasteiger partial charge in [-0.05, 0) is 30.3 Å². The van der Waals surface area contributed by atoms with Crippen molar-refractivity contribution in [2.45, 2.75) is 0 Å². The lowest BCUT2D eigenvalue weighted by Gasteiger charge is -2.08. The topological polar surface area (TPSA) is 38.3 Å².